The molecule has 0 unspecified atom stereocenters. The summed E-state index contributed by atoms with van der Waals surface area (Å²) < 4.78 is 6.42. The first-order valence-electron chi connectivity index (χ1n) is 8.17. The van der Waals surface area contributed by atoms with E-state index in [2.05, 4.69) is 42.6 Å². The number of rotatable bonds is 6. The van der Waals surface area contributed by atoms with Crippen molar-refractivity contribution < 1.29 is 4.74 Å². The molecule has 1 N–H and O–H groups in total. The highest BCUT2D eigenvalue weighted by atomic mass is 16.5. The van der Waals surface area contributed by atoms with E-state index >= 15 is 0 Å². The van der Waals surface area contributed by atoms with Crippen molar-refractivity contribution in [2.45, 2.75) is 63.7 Å². The molecule has 2 aliphatic carbocycles. The average Bonchev–Trinajstić information content (AvgIpc) is 3.31. The molecule has 2 nitrogen and oxygen atoms in total. The molecule has 1 aromatic carbocycles. The minimum Gasteiger partial charge on any atom is -0.369 e. The van der Waals surface area contributed by atoms with E-state index in [4.69, 9.17) is 4.74 Å². The summed E-state index contributed by atoms with van der Waals surface area (Å²) in [6.07, 6.45) is 7.74. The van der Waals surface area contributed by atoms with Gasteiger partial charge in [0.05, 0.1) is 12.2 Å². The fraction of sp³-hybridized carbons (Fsp3) is 0.667. The molecule has 3 rings (SSSR count). The smallest absolute Gasteiger partial charge is 0.0811 e. The maximum atomic E-state index is 6.42. The normalized spacial score (nSPS) is 30.4. The summed E-state index contributed by atoms with van der Waals surface area (Å²) in [5.41, 5.74) is 1.36. The molecule has 0 spiro atoms. The third-order valence-electron chi connectivity index (χ3n) is 4.86. The lowest BCUT2D eigenvalue weighted by molar-refractivity contribution is -0.0851. The van der Waals surface area contributed by atoms with Crippen molar-refractivity contribution in [1.82, 2.24) is 5.32 Å². The van der Waals surface area contributed by atoms with Gasteiger partial charge in [-0.1, -0.05) is 37.3 Å². The minimum absolute atomic E-state index is 0.0743. The van der Waals surface area contributed by atoms with Crippen LogP contribution in [-0.2, 0) is 11.3 Å². The summed E-state index contributed by atoms with van der Waals surface area (Å²) >= 11 is 0. The van der Waals surface area contributed by atoms with E-state index in [0.29, 0.717) is 0 Å². The highest BCUT2D eigenvalue weighted by molar-refractivity contribution is 5.13. The molecule has 0 bridgehead atoms. The number of hydrogen-bond donors (Lipinski definition) is 1. The quantitative estimate of drug-likeness (QED) is 0.848. The Morgan fingerprint density at radius 1 is 1.10 bits per heavy atom. The Kier molecular flexibility index (Phi) is 4.42. The van der Waals surface area contributed by atoms with E-state index in [1.54, 1.807) is 0 Å². The second kappa shape index (κ2) is 6.28. The van der Waals surface area contributed by atoms with Crippen LogP contribution >= 0.6 is 0 Å². The van der Waals surface area contributed by atoms with Gasteiger partial charge in [0.2, 0.25) is 0 Å². The highest BCUT2D eigenvalue weighted by Crippen LogP contribution is 2.35. The molecular formula is C18H27NO. The standard InChI is InChI=1S/C18H27NO/c1-15-9-11-18(12-10-15,14-19-17-7-8-17)20-13-16-5-3-2-4-6-16/h2-6,15,17,19H,7-14H2,1H3. The lowest BCUT2D eigenvalue weighted by atomic mass is 9.79. The van der Waals surface area contributed by atoms with Crippen LogP contribution < -0.4 is 5.32 Å². The lowest BCUT2D eigenvalue weighted by Crippen LogP contribution is -2.46. The maximum absolute atomic E-state index is 6.42. The topological polar surface area (TPSA) is 21.3 Å². The van der Waals surface area contributed by atoms with Gasteiger partial charge in [0.25, 0.3) is 0 Å². The van der Waals surface area contributed by atoms with Crippen LogP contribution in [0.3, 0.4) is 0 Å². The SMILES string of the molecule is CC1CCC(CNC2CC2)(OCc2ccccc2)CC1. The molecular weight excluding hydrogens is 246 g/mol. The van der Waals surface area contributed by atoms with Crippen molar-refractivity contribution in [3.63, 3.8) is 0 Å². The second-order valence-electron chi connectivity index (χ2n) is 6.79. The third-order valence-corrected chi connectivity index (χ3v) is 4.86. The Bertz CT molecular complexity index is 405. The molecule has 1 aromatic rings. The molecule has 0 heterocycles. The largest absolute Gasteiger partial charge is 0.369 e. The van der Waals surface area contributed by atoms with E-state index in [0.717, 1.165) is 25.1 Å². The fourth-order valence-corrected chi connectivity index (χ4v) is 3.09. The molecule has 20 heavy (non-hydrogen) atoms. The molecule has 110 valence electrons. The summed E-state index contributed by atoms with van der Waals surface area (Å²) in [5.74, 6) is 0.865. The Hall–Kier alpha value is -0.860. The van der Waals surface area contributed by atoms with Crippen LogP contribution in [0.4, 0.5) is 0 Å². The number of hydrogen-bond acceptors (Lipinski definition) is 2. The summed E-state index contributed by atoms with van der Waals surface area (Å²) in [4.78, 5) is 0. The van der Waals surface area contributed by atoms with Crippen molar-refractivity contribution in [3.8, 4) is 0 Å². The van der Waals surface area contributed by atoms with Crippen molar-refractivity contribution in [1.29, 1.82) is 0 Å². The van der Waals surface area contributed by atoms with Crippen molar-refractivity contribution in [2.75, 3.05) is 6.54 Å². The minimum atomic E-state index is 0.0743. The zero-order valence-corrected chi connectivity index (χ0v) is 12.6. The van der Waals surface area contributed by atoms with Gasteiger partial charge < -0.3 is 10.1 Å². The Morgan fingerprint density at radius 3 is 2.45 bits per heavy atom. The molecule has 2 heteroatoms. The van der Waals surface area contributed by atoms with Gasteiger partial charge in [-0.15, -0.1) is 0 Å². The molecule has 2 aliphatic rings. The molecule has 0 saturated heterocycles. The van der Waals surface area contributed by atoms with Gasteiger partial charge in [-0.3, -0.25) is 0 Å². The van der Waals surface area contributed by atoms with Gasteiger partial charge >= 0.3 is 0 Å². The predicted molar refractivity (Wildman–Crippen MR) is 82.6 cm³/mol. The van der Waals surface area contributed by atoms with Gasteiger partial charge in [-0.05, 0) is 50.0 Å². The summed E-state index contributed by atoms with van der Waals surface area (Å²) in [5, 5.41) is 3.69. The molecule has 0 radical (unpaired) electrons. The van der Waals surface area contributed by atoms with Crippen molar-refractivity contribution in [2.24, 2.45) is 5.92 Å². The molecule has 2 saturated carbocycles. The first-order valence-corrected chi connectivity index (χ1v) is 8.17. The molecule has 0 amide bonds. The van der Waals surface area contributed by atoms with Crippen LogP contribution in [0.2, 0.25) is 0 Å². The summed E-state index contributed by atoms with van der Waals surface area (Å²) in [6.45, 7) is 4.16. The molecule has 0 atom stereocenters. The number of nitrogens with one attached hydrogen (secondary N) is 1. The van der Waals surface area contributed by atoms with Crippen LogP contribution in [0.5, 0.6) is 0 Å². The zero-order valence-electron chi connectivity index (χ0n) is 12.6. The highest BCUT2D eigenvalue weighted by Gasteiger charge is 2.36. The van der Waals surface area contributed by atoms with Gasteiger partial charge in [-0.2, -0.15) is 0 Å². The van der Waals surface area contributed by atoms with Crippen LogP contribution in [0.15, 0.2) is 30.3 Å². The molecule has 0 aromatic heterocycles. The first-order chi connectivity index (χ1) is 9.76. The van der Waals surface area contributed by atoms with Gasteiger partial charge in [0, 0.05) is 12.6 Å². The first kappa shape index (κ1) is 14.1. The Labute approximate surface area is 122 Å². The number of ether oxygens (including phenoxy) is 1. The van der Waals surface area contributed by atoms with Gasteiger partial charge in [-0.25, -0.2) is 0 Å². The average molecular weight is 273 g/mol. The van der Waals surface area contributed by atoms with Crippen molar-refractivity contribution in [3.05, 3.63) is 35.9 Å². The van der Waals surface area contributed by atoms with Crippen LogP contribution in [0.1, 0.15) is 51.0 Å². The molecule has 0 aliphatic heterocycles. The lowest BCUT2D eigenvalue weighted by Gasteiger charge is -2.39. The van der Waals surface area contributed by atoms with Gasteiger partial charge in [0.1, 0.15) is 0 Å². The van der Waals surface area contributed by atoms with Crippen LogP contribution in [0.25, 0.3) is 0 Å². The van der Waals surface area contributed by atoms with Gasteiger partial charge in [0.15, 0.2) is 0 Å². The summed E-state index contributed by atoms with van der Waals surface area (Å²) in [7, 11) is 0. The second-order valence-corrected chi connectivity index (χ2v) is 6.79. The zero-order chi connectivity index (χ0) is 13.8. The van der Waals surface area contributed by atoms with Crippen LogP contribution in [0, 0.1) is 5.92 Å². The number of benzene rings is 1. The van der Waals surface area contributed by atoms with E-state index in [1.165, 1.54) is 44.1 Å². The third kappa shape index (κ3) is 3.83. The van der Waals surface area contributed by atoms with E-state index in [1.807, 2.05) is 0 Å². The summed E-state index contributed by atoms with van der Waals surface area (Å²) in [6, 6.07) is 11.3. The van der Waals surface area contributed by atoms with E-state index < -0.39 is 0 Å². The fourth-order valence-electron chi connectivity index (χ4n) is 3.09. The maximum Gasteiger partial charge on any atom is 0.0811 e. The van der Waals surface area contributed by atoms with Crippen molar-refractivity contribution >= 4 is 0 Å². The predicted octanol–water partition coefficient (Wildman–Crippen LogP) is 3.90. The monoisotopic (exact) mass is 273 g/mol. The van der Waals surface area contributed by atoms with E-state index in [-0.39, 0.29) is 5.60 Å². The van der Waals surface area contributed by atoms with E-state index in [9.17, 15) is 0 Å². The Morgan fingerprint density at radius 2 is 1.80 bits per heavy atom. The Balaban J connectivity index is 1.58. The molecule has 2 fully saturated rings. The van der Waals surface area contributed by atoms with Crippen LogP contribution in [-0.4, -0.2) is 18.2 Å².